The number of aliphatic carboxylic acids is 1. The highest BCUT2D eigenvalue weighted by atomic mass is 16.7. The normalized spacial score (nSPS) is 25.4. The van der Waals surface area contributed by atoms with Crippen molar-refractivity contribution < 1.29 is 73.4 Å². The van der Waals surface area contributed by atoms with E-state index in [1.165, 1.54) is 7.11 Å². The summed E-state index contributed by atoms with van der Waals surface area (Å²) in [5, 5.41) is 65.9. The number of aromatic nitrogens is 2. The van der Waals surface area contributed by atoms with Crippen molar-refractivity contribution in [2.75, 3.05) is 20.3 Å². The number of carboxylic acids is 1. The first-order chi connectivity index (χ1) is 31.3. The smallest absolute Gasteiger partial charge is 0.317 e. The standard InChI is InChI=1S/C46H48N4O15/c1-59-28-10-9-25-34-30(16-22-6-3-2-4-7-22)61-31-17-29-24(8-5-12-46(58)42(57)37(56)45(62-29)65-43(46)41(44(47)48)63-33(55)18-32(53)54)26(20-50-19-23-11-13-49-36(23)27(50)21-52)35(31)40(34)64-38(25)39(28)60-15-14-51/h2-4,6-7,9-11,13,17,19,30,34,37,40-45,49,51-52,56-58H,12,14-16,18,20-21,47-48H2,1H3,(H,53,54)/t30-,34-,37-,40-,41+,42-,43-,45-,46+/m1/s1. The second-order valence-corrected chi connectivity index (χ2v) is 16.4. The van der Waals surface area contributed by atoms with Gasteiger partial charge in [0.15, 0.2) is 17.6 Å². The van der Waals surface area contributed by atoms with Crippen LogP contribution in [0.1, 0.15) is 58.4 Å². The number of hydrogen-bond donors (Lipinski definition) is 9. The van der Waals surface area contributed by atoms with E-state index in [2.05, 4.69) is 16.8 Å². The first-order valence-electron chi connectivity index (χ1n) is 20.9. The van der Waals surface area contributed by atoms with Crippen LogP contribution in [0.25, 0.3) is 10.9 Å². The van der Waals surface area contributed by atoms with Crippen molar-refractivity contribution in [2.45, 2.75) is 93.0 Å². The Morgan fingerprint density at radius 3 is 2.58 bits per heavy atom. The lowest BCUT2D eigenvalue weighted by atomic mass is 9.78. The Bertz CT molecular complexity index is 2670. The number of esters is 1. The van der Waals surface area contributed by atoms with Gasteiger partial charge in [-0.05, 0) is 17.7 Å². The number of hydrogen-bond acceptors (Lipinski definition) is 16. The maximum absolute atomic E-state index is 12.6. The van der Waals surface area contributed by atoms with Crippen LogP contribution in [0.5, 0.6) is 28.7 Å². The molecule has 1 saturated heterocycles. The number of aromatic amines is 1. The van der Waals surface area contributed by atoms with Crippen LogP contribution >= 0.6 is 0 Å². The lowest BCUT2D eigenvalue weighted by molar-refractivity contribution is -0.324. The van der Waals surface area contributed by atoms with E-state index in [1.54, 1.807) is 18.3 Å². The molecule has 0 amide bonds. The van der Waals surface area contributed by atoms with Crippen LogP contribution in [0.3, 0.4) is 0 Å². The molecule has 2 bridgehead atoms. The molecule has 0 spiro atoms. The maximum Gasteiger partial charge on any atom is 0.317 e. The van der Waals surface area contributed by atoms with E-state index >= 15 is 0 Å². The third-order valence-corrected chi connectivity index (χ3v) is 12.4. The fraction of sp³-hybridized carbons (Fsp3) is 0.391. The fourth-order valence-corrected chi connectivity index (χ4v) is 9.43. The number of carbonyl (C=O) groups is 2. The molecule has 19 nitrogen and oxygen atoms in total. The summed E-state index contributed by atoms with van der Waals surface area (Å²) in [6, 6.07) is 16.9. The van der Waals surface area contributed by atoms with Crippen molar-refractivity contribution in [3.8, 4) is 40.6 Å². The molecule has 65 heavy (non-hydrogen) atoms. The zero-order valence-corrected chi connectivity index (χ0v) is 35.0. The predicted octanol–water partition coefficient (Wildman–Crippen LogP) is 1.05. The number of carboxylic acid groups (broad SMARTS) is 1. The summed E-state index contributed by atoms with van der Waals surface area (Å²) >= 11 is 0. The number of nitrogens with two attached hydrogens (primary N) is 2. The Balaban J connectivity index is 1.24. The minimum atomic E-state index is -2.51. The van der Waals surface area contributed by atoms with Crippen molar-refractivity contribution in [3.63, 3.8) is 0 Å². The SMILES string of the molecule is COc1ccc2c(c1OCCO)O[C@H]1c3c(cc4c(c3Cn3cc5cc[nH]c5c3CO)C#CC[C@]3(O)[C@H](O)[C@@H](O)[C@H](O4)O[C@@H]3[C@H](OC(=O)CC(=O)O)C(N)N)O[C@H](Cc3ccccc3)[C@@H]21. The van der Waals surface area contributed by atoms with Gasteiger partial charge < -0.3 is 84.8 Å². The van der Waals surface area contributed by atoms with E-state index in [1.807, 2.05) is 53.2 Å². The Labute approximate surface area is 370 Å². The predicted molar refractivity (Wildman–Crippen MR) is 226 cm³/mol. The molecule has 1 fully saturated rings. The summed E-state index contributed by atoms with van der Waals surface area (Å²) in [6.07, 6.45) is -9.83. The number of benzene rings is 3. The lowest BCUT2D eigenvalue weighted by Gasteiger charge is -2.50. The van der Waals surface area contributed by atoms with Crippen molar-refractivity contribution in [2.24, 2.45) is 11.5 Å². The van der Waals surface area contributed by atoms with Crippen molar-refractivity contribution >= 4 is 22.8 Å². The molecule has 10 rings (SSSR count). The van der Waals surface area contributed by atoms with Gasteiger partial charge in [0.25, 0.3) is 0 Å². The number of aliphatic hydroxyl groups is 5. The number of carbonyl (C=O) groups excluding carboxylic acids is 1. The third kappa shape index (κ3) is 7.77. The molecule has 0 radical (unpaired) electrons. The molecule has 0 saturated carbocycles. The summed E-state index contributed by atoms with van der Waals surface area (Å²) in [5.41, 5.74) is 13.9. The van der Waals surface area contributed by atoms with Crippen molar-refractivity contribution in [1.82, 2.24) is 9.55 Å². The minimum absolute atomic E-state index is 0.0226. The molecule has 19 heteroatoms. The average Bonchev–Trinajstić information content (AvgIpc) is 3.99. The van der Waals surface area contributed by atoms with Gasteiger partial charge in [-0.3, -0.25) is 9.59 Å². The number of aliphatic hydroxyl groups excluding tert-OH is 4. The van der Waals surface area contributed by atoms with Gasteiger partial charge in [0.1, 0.15) is 60.6 Å². The Hall–Kier alpha value is -6.34. The molecule has 9 atom stereocenters. The summed E-state index contributed by atoms with van der Waals surface area (Å²) in [5.74, 6) is 4.28. The molecular weight excluding hydrogens is 849 g/mol. The summed E-state index contributed by atoms with van der Waals surface area (Å²) in [7, 11) is 1.50. The summed E-state index contributed by atoms with van der Waals surface area (Å²) < 4.78 is 45.6. The molecule has 11 N–H and O–H groups in total. The van der Waals surface area contributed by atoms with Crippen LogP contribution in [0.4, 0.5) is 0 Å². The second kappa shape index (κ2) is 17.6. The number of methoxy groups -OCH3 is 1. The van der Waals surface area contributed by atoms with Crippen LogP contribution < -0.4 is 35.2 Å². The number of fused-ring (bicyclic) bond motifs is 9. The quantitative estimate of drug-likeness (QED) is 0.0326. The molecule has 0 aliphatic carbocycles. The number of rotatable bonds is 14. The van der Waals surface area contributed by atoms with Crippen molar-refractivity contribution in [3.05, 3.63) is 101 Å². The number of nitrogens with one attached hydrogen (secondary N) is 1. The highest BCUT2D eigenvalue weighted by Crippen LogP contribution is 2.60. The van der Waals surface area contributed by atoms with Crippen molar-refractivity contribution in [1.29, 1.82) is 0 Å². The summed E-state index contributed by atoms with van der Waals surface area (Å²) in [4.78, 5) is 27.1. The van der Waals surface area contributed by atoms with Gasteiger partial charge in [-0.25, -0.2) is 0 Å². The molecular formula is C46H48N4O15. The monoisotopic (exact) mass is 896 g/mol. The lowest BCUT2D eigenvalue weighted by Crippen LogP contribution is -2.72. The molecule has 342 valence electrons. The average molecular weight is 897 g/mol. The highest BCUT2D eigenvalue weighted by Gasteiger charge is 2.60. The minimum Gasteiger partial charge on any atom is -0.493 e. The van der Waals surface area contributed by atoms with Crippen LogP contribution in [-0.4, -0.2) is 121 Å². The van der Waals surface area contributed by atoms with E-state index in [-0.39, 0.29) is 37.7 Å². The molecule has 5 aromatic rings. The molecule has 3 aromatic carbocycles. The Kier molecular flexibility index (Phi) is 11.9. The zero-order valence-electron chi connectivity index (χ0n) is 35.0. The van der Waals surface area contributed by atoms with Gasteiger partial charge in [0.05, 0.1) is 49.2 Å². The number of ether oxygens (including phenoxy) is 7. The van der Waals surface area contributed by atoms with Gasteiger partial charge in [-0.2, -0.15) is 0 Å². The summed E-state index contributed by atoms with van der Waals surface area (Å²) in [6.45, 7) is -0.588. The molecule has 5 aliphatic heterocycles. The number of H-pyrrole nitrogens is 1. The van der Waals surface area contributed by atoms with E-state index in [0.717, 1.165) is 16.5 Å². The van der Waals surface area contributed by atoms with Crippen LogP contribution in [0.15, 0.2) is 67.0 Å². The van der Waals surface area contributed by atoms with Gasteiger partial charge in [0, 0.05) is 59.9 Å². The van der Waals surface area contributed by atoms with Crippen LogP contribution in [-0.2, 0) is 38.6 Å². The van der Waals surface area contributed by atoms with E-state index in [4.69, 9.17) is 44.6 Å². The van der Waals surface area contributed by atoms with E-state index in [9.17, 15) is 40.2 Å². The first-order valence-corrected chi connectivity index (χ1v) is 20.9. The van der Waals surface area contributed by atoms with Gasteiger partial charge in [0.2, 0.25) is 12.0 Å². The molecule has 0 unspecified atom stereocenters. The van der Waals surface area contributed by atoms with Gasteiger partial charge >= 0.3 is 11.9 Å². The number of nitrogens with zero attached hydrogens (tertiary/aromatic N) is 1. The fourth-order valence-electron chi connectivity index (χ4n) is 9.43. The van der Waals surface area contributed by atoms with E-state index < -0.39 is 85.4 Å². The van der Waals surface area contributed by atoms with Gasteiger partial charge in [-0.15, -0.1) is 0 Å². The maximum atomic E-state index is 12.6. The van der Waals surface area contributed by atoms with Crippen LogP contribution in [0, 0.1) is 11.8 Å². The molecule has 5 aliphatic rings. The molecule has 2 aromatic heterocycles. The topological polar surface area (TPSA) is 293 Å². The third-order valence-electron chi connectivity index (χ3n) is 12.4. The largest absolute Gasteiger partial charge is 0.493 e. The zero-order chi connectivity index (χ0) is 45.7. The van der Waals surface area contributed by atoms with Crippen LogP contribution in [0.2, 0.25) is 0 Å². The Morgan fingerprint density at radius 1 is 1.06 bits per heavy atom. The molecule has 7 heterocycles. The highest BCUT2D eigenvalue weighted by molar-refractivity contribution is 5.90. The second-order valence-electron chi connectivity index (χ2n) is 16.4. The first kappa shape index (κ1) is 43.9. The van der Waals surface area contributed by atoms with E-state index in [0.29, 0.717) is 51.8 Å². The van der Waals surface area contributed by atoms with Gasteiger partial charge in [-0.1, -0.05) is 48.2 Å². The Morgan fingerprint density at radius 2 is 1.86 bits per heavy atom.